The number of aryl methyl sites for hydroxylation is 1. The van der Waals surface area contributed by atoms with Crippen molar-refractivity contribution in [2.45, 2.75) is 57.5 Å². The number of amides is 1. The summed E-state index contributed by atoms with van der Waals surface area (Å²) in [6, 6.07) is 7.60. The number of aromatic nitrogens is 2. The fraction of sp³-hybridized carbons (Fsp3) is 0.560. The van der Waals surface area contributed by atoms with Gasteiger partial charge < -0.3 is 15.3 Å². The smallest absolute Gasteiger partial charge is 0.344 e. The van der Waals surface area contributed by atoms with Gasteiger partial charge in [-0.2, -0.15) is 4.68 Å². The summed E-state index contributed by atoms with van der Waals surface area (Å²) in [5.74, 6) is -0.662. The Morgan fingerprint density at radius 3 is 2.59 bits per heavy atom. The van der Waals surface area contributed by atoms with Gasteiger partial charge in [-0.3, -0.25) is 14.4 Å². The topological polar surface area (TPSA) is 137 Å². The maximum atomic E-state index is 13.0. The molecule has 11 nitrogen and oxygen atoms in total. The first-order chi connectivity index (χ1) is 17.5. The number of nitrogens with zero attached hydrogens (tertiary/aromatic N) is 4. The molecule has 2 fully saturated rings. The molecule has 3 heterocycles. The van der Waals surface area contributed by atoms with Crippen molar-refractivity contribution in [3.8, 4) is 0 Å². The molecule has 2 aliphatic heterocycles. The summed E-state index contributed by atoms with van der Waals surface area (Å²) in [6.07, 6.45) is 7.16. The van der Waals surface area contributed by atoms with Gasteiger partial charge in [-0.05, 0) is 62.8 Å². The van der Waals surface area contributed by atoms with Crippen LogP contribution in [0.2, 0.25) is 0 Å². The maximum absolute atomic E-state index is 13.0. The van der Waals surface area contributed by atoms with Crippen LogP contribution >= 0.6 is 0 Å². The van der Waals surface area contributed by atoms with E-state index < -0.39 is 16.0 Å². The molecule has 2 aliphatic rings. The molecule has 1 amide bonds. The minimum absolute atomic E-state index is 0.0371. The average Bonchev–Trinajstić information content (AvgIpc) is 3.44. The molecule has 3 N–H and O–H groups in total. The predicted molar refractivity (Wildman–Crippen MR) is 141 cm³/mol. The molecular formula is C25H36N6O5S. The number of rotatable bonds is 9. The summed E-state index contributed by atoms with van der Waals surface area (Å²) in [6.45, 7) is 5.68. The van der Waals surface area contributed by atoms with Crippen molar-refractivity contribution in [2.75, 3.05) is 42.5 Å². The summed E-state index contributed by atoms with van der Waals surface area (Å²) in [5, 5.41) is 16.4. The van der Waals surface area contributed by atoms with Gasteiger partial charge in [0.05, 0.1) is 6.26 Å². The Balaban J connectivity index is 1.38. The van der Waals surface area contributed by atoms with Gasteiger partial charge in [0.2, 0.25) is 10.0 Å². The van der Waals surface area contributed by atoms with E-state index >= 15 is 0 Å². The van der Waals surface area contributed by atoms with Crippen LogP contribution in [-0.2, 0) is 21.4 Å². The zero-order chi connectivity index (χ0) is 26.6. The minimum Gasteiger partial charge on any atom is -0.481 e. The molecule has 0 unspecified atom stereocenters. The van der Waals surface area contributed by atoms with Crippen molar-refractivity contribution in [1.29, 1.82) is 0 Å². The lowest BCUT2D eigenvalue weighted by molar-refractivity contribution is -0.137. The van der Waals surface area contributed by atoms with E-state index in [9.17, 15) is 18.0 Å². The molecule has 2 saturated heterocycles. The largest absolute Gasteiger partial charge is 0.481 e. The van der Waals surface area contributed by atoms with E-state index in [2.05, 4.69) is 45.2 Å². The van der Waals surface area contributed by atoms with Crippen molar-refractivity contribution in [3.63, 3.8) is 0 Å². The lowest BCUT2D eigenvalue weighted by Gasteiger charge is -2.45. The number of likely N-dealkylation sites (tertiary alicyclic amines) is 2. The highest BCUT2D eigenvalue weighted by Gasteiger charge is 2.44. The van der Waals surface area contributed by atoms with Crippen LogP contribution < -0.4 is 10.0 Å². The molecular weight excluding hydrogens is 496 g/mol. The molecule has 12 heteroatoms. The second-order valence-corrected chi connectivity index (χ2v) is 11.9. The van der Waals surface area contributed by atoms with E-state index in [-0.39, 0.29) is 23.8 Å². The monoisotopic (exact) mass is 532 g/mol. The number of hydrogen-bond acceptors (Lipinski definition) is 7. The number of carbonyl (C=O) groups is 2. The average molecular weight is 533 g/mol. The first-order valence-electron chi connectivity index (χ1n) is 12.7. The molecule has 4 rings (SSSR count). The second kappa shape index (κ2) is 11.1. The molecule has 1 aromatic heterocycles. The molecule has 0 aliphatic carbocycles. The highest BCUT2D eigenvalue weighted by molar-refractivity contribution is 7.92. The van der Waals surface area contributed by atoms with Gasteiger partial charge >= 0.3 is 12.0 Å². The number of benzene rings is 1. The SMILES string of the molecule is Cc1ccc(CN2CCCC23CCN(C(=O)n2ccc(NS(C)(=O)=O)n2)CC3)c(NCCCC(=O)O)c1. The van der Waals surface area contributed by atoms with Crippen molar-refractivity contribution in [2.24, 2.45) is 0 Å². The number of aliphatic carboxylic acids is 1. The van der Waals surface area contributed by atoms with E-state index in [4.69, 9.17) is 5.11 Å². The number of anilines is 2. The molecule has 1 aromatic carbocycles. The Bertz CT molecular complexity index is 1240. The number of hydrogen-bond donors (Lipinski definition) is 3. The van der Waals surface area contributed by atoms with Gasteiger partial charge in [0, 0.05) is 56.1 Å². The summed E-state index contributed by atoms with van der Waals surface area (Å²) < 4.78 is 26.3. The van der Waals surface area contributed by atoms with E-state index in [1.54, 1.807) is 4.90 Å². The van der Waals surface area contributed by atoms with Crippen molar-refractivity contribution >= 4 is 33.5 Å². The number of carbonyl (C=O) groups excluding carboxylic acids is 1. The molecule has 0 radical (unpaired) electrons. The van der Waals surface area contributed by atoms with Crippen LogP contribution in [0.25, 0.3) is 0 Å². The van der Waals surface area contributed by atoms with Crippen LogP contribution in [0.4, 0.5) is 16.3 Å². The summed E-state index contributed by atoms with van der Waals surface area (Å²) in [5.41, 5.74) is 3.44. The van der Waals surface area contributed by atoms with Crippen LogP contribution in [0.1, 0.15) is 49.7 Å². The van der Waals surface area contributed by atoms with Crippen LogP contribution in [-0.4, -0.2) is 83.1 Å². The number of sulfonamides is 1. The van der Waals surface area contributed by atoms with Crippen LogP contribution in [0.5, 0.6) is 0 Å². The maximum Gasteiger partial charge on any atom is 0.344 e. The number of nitrogens with one attached hydrogen (secondary N) is 2. The Morgan fingerprint density at radius 2 is 1.89 bits per heavy atom. The van der Waals surface area contributed by atoms with Gasteiger partial charge in [-0.15, -0.1) is 5.10 Å². The quantitative estimate of drug-likeness (QED) is 0.419. The molecule has 37 heavy (non-hydrogen) atoms. The number of piperidine rings is 1. The molecule has 202 valence electrons. The summed E-state index contributed by atoms with van der Waals surface area (Å²) in [7, 11) is -3.46. The lowest BCUT2D eigenvalue weighted by Crippen LogP contribution is -2.53. The van der Waals surface area contributed by atoms with Gasteiger partial charge in [-0.25, -0.2) is 13.2 Å². The van der Waals surface area contributed by atoms with Crippen LogP contribution in [0.15, 0.2) is 30.5 Å². The Hall–Kier alpha value is -3.12. The van der Waals surface area contributed by atoms with Crippen molar-refractivity contribution < 1.29 is 23.1 Å². The fourth-order valence-electron chi connectivity index (χ4n) is 5.40. The first kappa shape index (κ1) is 26.9. The minimum atomic E-state index is -3.46. The fourth-order valence-corrected chi connectivity index (χ4v) is 5.89. The highest BCUT2D eigenvalue weighted by Crippen LogP contribution is 2.40. The summed E-state index contributed by atoms with van der Waals surface area (Å²) >= 11 is 0. The highest BCUT2D eigenvalue weighted by atomic mass is 32.2. The third kappa shape index (κ3) is 6.80. The lowest BCUT2D eigenvalue weighted by atomic mass is 9.84. The van der Waals surface area contributed by atoms with Gasteiger partial charge in [-0.1, -0.05) is 12.1 Å². The molecule has 1 spiro atoms. The van der Waals surface area contributed by atoms with E-state index in [0.29, 0.717) is 26.1 Å². The second-order valence-electron chi connectivity index (χ2n) is 10.1. The number of carboxylic acid groups (broad SMARTS) is 1. The number of carboxylic acids is 1. The van der Waals surface area contributed by atoms with Crippen molar-refractivity contribution in [3.05, 3.63) is 41.6 Å². The standard InChI is InChI=1S/C25H36N6O5S/c1-19-6-7-20(21(17-19)26-12-3-5-23(32)33)18-30-13-4-9-25(30)10-15-29(16-11-25)24(34)31-14-8-22(27-31)28-37(2,35)36/h6-8,14,17,26H,3-5,9-13,15-16,18H2,1-2H3,(H,27,28)(H,32,33). The molecule has 0 saturated carbocycles. The van der Waals surface area contributed by atoms with E-state index in [1.165, 1.54) is 22.5 Å². The van der Waals surface area contributed by atoms with Crippen LogP contribution in [0.3, 0.4) is 0 Å². The predicted octanol–water partition coefficient (Wildman–Crippen LogP) is 2.94. The molecule has 0 atom stereocenters. The molecule has 2 aromatic rings. The summed E-state index contributed by atoms with van der Waals surface area (Å²) in [4.78, 5) is 28.2. The van der Waals surface area contributed by atoms with E-state index in [1.807, 2.05) is 0 Å². The van der Waals surface area contributed by atoms with Crippen molar-refractivity contribution in [1.82, 2.24) is 19.6 Å². The normalized spacial score (nSPS) is 17.7. The Labute approximate surface area is 217 Å². The van der Waals surface area contributed by atoms with Gasteiger partial charge in [0.1, 0.15) is 0 Å². The van der Waals surface area contributed by atoms with Gasteiger partial charge in [0.25, 0.3) is 0 Å². The third-order valence-corrected chi connectivity index (χ3v) is 7.87. The van der Waals surface area contributed by atoms with E-state index in [0.717, 1.165) is 56.3 Å². The molecule has 0 bridgehead atoms. The Kier molecular flexibility index (Phi) is 8.08. The zero-order valence-corrected chi connectivity index (χ0v) is 22.3. The third-order valence-electron chi connectivity index (χ3n) is 7.29. The van der Waals surface area contributed by atoms with Gasteiger partial charge in [0.15, 0.2) is 5.82 Å². The zero-order valence-electron chi connectivity index (χ0n) is 21.4. The first-order valence-corrected chi connectivity index (χ1v) is 14.6. The Morgan fingerprint density at radius 1 is 1.14 bits per heavy atom. The van der Waals surface area contributed by atoms with Crippen LogP contribution in [0, 0.1) is 6.92 Å².